The van der Waals surface area contributed by atoms with E-state index in [1.807, 2.05) is 0 Å². The summed E-state index contributed by atoms with van der Waals surface area (Å²) >= 11 is 5.83. The summed E-state index contributed by atoms with van der Waals surface area (Å²) in [5.41, 5.74) is 0.279. The van der Waals surface area contributed by atoms with Gasteiger partial charge in [0.05, 0.1) is 12.0 Å². The normalized spacial score (nSPS) is 12.2. The van der Waals surface area contributed by atoms with Crippen molar-refractivity contribution in [2.24, 2.45) is 0 Å². The first-order valence-electron chi connectivity index (χ1n) is 4.80. The molecule has 1 rings (SSSR count). The van der Waals surface area contributed by atoms with Crippen molar-refractivity contribution in [2.45, 2.75) is 5.38 Å². The first kappa shape index (κ1) is 12.9. The molecular weight excluding hydrogens is 233 g/mol. The minimum absolute atomic E-state index is 0.279. The van der Waals surface area contributed by atoms with Gasteiger partial charge < -0.3 is 10.1 Å². The highest BCUT2D eigenvalue weighted by Gasteiger charge is 2.09. The van der Waals surface area contributed by atoms with E-state index in [1.165, 1.54) is 31.4 Å². The molecule has 5 heteroatoms. The second kappa shape index (κ2) is 6.45. The van der Waals surface area contributed by atoms with Gasteiger partial charge in [0.1, 0.15) is 5.82 Å². The van der Waals surface area contributed by atoms with Gasteiger partial charge in [-0.3, -0.25) is 4.79 Å². The third-order valence-corrected chi connectivity index (χ3v) is 2.20. The summed E-state index contributed by atoms with van der Waals surface area (Å²) in [4.78, 5) is 11.5. The van der Waals surface area contributed by atoms with Crippen LogP contribution in [-0.2, 0) is 4.74 Å². The largest absolute Gasteiger partial charge is 0.383 e. The summed E-state index contributed by atoms with van der Waals surface area (Å²) < 4.78 is 17.6. The zero-order valence-corrected chi connectivity index (χ0v) is 9.63. The molecular formula is C11H13ClFNO2. The third-order valence-electron chi connectivity index (χ3n) is 1.92. The van der Waals surface area contributed by atoms with Gasteiger partial charge in [0.15, 0.2) is 0 Å². The molecule has 0 saturated heterocycles. The molecule has 0 aliphatic rings. The molecule has 1 aromatic carbocycles. The fraction of sp³-hybridized carbons (Fsp3) is 0.364. The van der Waals surface area contributed by atoms with Crippen LogP contribution in [0.4, 0.5) is 4.39 Å². The van der Waals surface area contributed by atoms with Crippen molar-refractivity contribution in [1.29, 1.82) is 0 Å². The van der Waals surface area contributed by atoms with Crippen LogP contribution in [0, 0.1) is 5.82 Å². The van der Waals surface area contributed by atoms with Crippen LogP contribution in [0.2, 0.25) is 0 Å². The second-order valence-electron chi connectivity index (χ2n) is 3.27. The van der Waals surface area contributed by atoms with Gasteiger partial charge in [-0.25, -0.2) is 4.39 Å². The lowest BCUT2D eigenvalue weighted by molar-refractivity contribution is 0.0949. The maximum atomic E-state index is 12.8. The minimum atomic E-state index is -0.438. The van der Waals surface area contributed by atoms with Crippen LogP contribution in [0.1, 0.15) is 10.4 Å². The van der Waals surface area contributed by atoms with Crippen molar-refractivity contribution < 1.29 is 13.9 Å². The number of rotatable bonds is 5. The zero-order chi connectivity index (χ0) is 12.0. The summed E-state index contributed by atoms with van der Waals surface area (Å²) in [6.45, 7) is 0.635. The molecule has 0 aromatic heterocycles. The van der Waals surface area contributed by atoms with Crippen LogP contribution in [0.25, 0.3) is 0 Å². The number of ether oxygens (including phenoxy) is 1. The Hall–Kier alpha value is -1.13. The number of amides is 1. The van der Waals surface area contributed by atoms with Crippen molar-refractivity contribution in [3.63, 3.8) is 0 Å². The first-order valence-corrected chi connectivity index (χ1v) is 5.24. The van der Waals surface area contributed by atoms with E-state index >= 15 is 0 Å². The number of nitrogens with one attached hydrogen (secondary N) is 1. The van der Waals surface area contributed by atoms with Crippen molar-refractivity contribution in [3.8, 4) is 0 Å². The number of methoxy groups -OCH3 is 1. The van der Waals surface area contributed by atoms with Crippen LogP contribution in [-0.4, -0.2) is 31.5 Å². The van der Waals surface area contributed by atoms with Gasteiger partial charge in [0, 0.05) is 19.2 Å². The average Bonchev–Trinajstić information content (AvgIpc) is 2.26. The van der Waals surface area contributed by atoms with Gasteiger partial charge >= 0.3 is 0 Å². The summed E-state index contributed by atoms with van der Waals surface area (Å²) in [6, 6.07) is 5.48. The molecule has 88 valence electrons. The molecule has 1 amide bonds. The highest BCUT2D eigenvalue weighted by atomic mass is 35.5. The van der Waals surface area contributed by atoms with E-state index in [-0.39, 0.29) is 23.4 Å². The van der Waals surface area contributed by atoms with Gasteiger partial charge in [-0.05, 0) is 18.2 Å². The highest BCUT2D eigenvalue weighted by molar-refractivity contribution is 6.21. The molecule has 0 aliphatic heterocycles. The quantitative estimate of drug-likeness (QED) is 0.804. The van der Waals surface area contributed by atoms with Gasteiger partial charge in [0.25, 0.3) is 5.91 Å². The molecule has 0 spiro atoms. The molecule has 3 nitrogen and oxygen atoms in total. The SMILES string of the molecule is COCC(Cl)CNC(=O)c1cccc(F)c1. The van der Waals surface area contributed by atoms with Crippen molar-refractivity contribution in [1.82, 2.24) is 5.32 Å². The molecule has 1 N–H and O–H groups in total. The summed E-state index contributed by atoms with van der Waals surface area (Å²) in [5.74, 6) is -0.784. The summed E-state index contributed by atoms with van der Waals surface area (Å²) in [7, 11) is 1.53. The molecule has 0 radical (unpaired) electrons. The lowest BCUT2D eigenvalue weighted by atomic mass is 10.2. The van der Waals surface area contributed by atoms with E-state index in [9.17, 15) is 9.18 Å². The third kappa shape index (κ3) is 4.16. The van der Waals surface area contributed by atoms with E-state index in [0.29, 0.717) is 6.61 Å². The first-order chi connectivity index (χ1) is 7.63. The van der Waals surface area contributed by atoms with Crippen LogP contribution in [0.15, 0.2) is 24.3 Å². The fourth-order valence-electron chi connectivity index (χ4n) is 1.17. The maximum absolute atomic E-state index is 12.8. The highest BCUT2D eigenvalue weighted by Crippen LogP contribution is 2.03. The minimum Gasteiger partial charge on any atom is -0.383 e. The van der Waals surface area contributed by atoms with Crippen LogP contribution < -0.4 is 5.32 Å². The summed E-state index contributed by atoms with van der Waals surface area (Å²) in [5, 5.41) is 2.30. The molecule has 0 fully saturated rings. The Morgan fingerprint density at radius 1 is 1.62 bits per heavy atom. The van der Waals surface area contributed by atoms with Gasteiger partial charge in [-0.15, -0.1) is 11.6 Å². The van der Waals surface area contributed by atoms with Crippen LogP contribution in [0.5, 0.6) is 0 Å². The fourth-order valence-corrected chi connectivity index (χ4v) is 1.38. The zero-order valence-electron chi connectivity index (χ0n) is 8.87. The number of hydrogen-bond donors (Lipinski definition) is 1. The molecule has 0 bridgehead atoms. The van der Waals surface area contributed by atoms with Crippen molar-refractivity contribution in [3.05, 3.63) is 35.6 Å². The number of halogens is 2. The monoisotopic (exact) mass is 245 g/mol. The Balaban J connectivity index is 2.47. The molecule has 0 heterocycles. The van der Waals surface area contributed by atoms with E-state index in [1.54, 1.807) is 0 Å². The predicted molar refractivity (Wildman–Crippen MR) is 60.3 cm³/mol. The van der Waals surface area contributed by atoms with Crippen molar-refractivity contribution in [2.75, 3.05) is 20.3 Å². The van der Waals surface area contributed by atoms with E-state index in [2.05, 4.69) is 5.32 Å². The summed E-state index contributed by atoms with van der Waals surface area (Å²) in [6.07, 6.45) is 0. The van der Waals surface area contributed by atoms with E-state index < -0.39 is 5.82 Å². The van der Waals surface area contributed by atoms with Crippen LogP contribution in [0.3, 0.4) is 0 Å². The standard InChI is InChI=1S/C11H13ClFNO2/c1-16-7-9(12)6-14-11(15)8-3-2-4-10(13)5-8/h2-5,9H,6-7H2,1H3,(H,14,15). The predicted octanol–water partition coefficient (Wildman–Crippen LogP) is 1.81. The Bertz CT molecular complexity index is 360. The number of carbonyl (C=O) groups excluding carboxylic acids is 1. The molecule has 0 saturated carbocycles. The average molecular weight is 246 g/mol. The molecule has 1 atom stereocenters. The Kier molecular flexibility index (Phi) is 5.22. The maximum Gasteiger partial charge on any atom is 0.251 e. The lowest BCUT2D eigenvalue weighted by Gasteiger charge is -2.09. The molecule has 16 heavy (non-hydrogen) atoms. The van der Waals surface area contributed by atoms with E-state index in [4.69, 9.17) is 16.3 Å². The van der Waals surface area contributed by atoms with Gasteiger partial charge in [-0.2, -0.15) is 0 Å². The Morgan fingerprint density at radius 3 is 3.00 bits per heavy atom. The van der Waals surface area contributed by atoms with Crippen LogP contribution >= 0.6 is 11.6 Å². The number of alkyl halides is 1. The van der Waals surface area contributed by atoms with Gasteiger partial charge in [0.2, 0.25) is 0 Å². The molecule has 0 aliphatic carbocycles. The topological polar surface area (TPSA) is 38.3 Å². The Labute approximate surface area is 98.5 Å². The number of hydrogen-bond acceptors (Lipinski definition) is 2. The smallest absolute Gasteiger partial charge is 0.251 e. The molecule has 1 aromatic rings. The van der Waals surface area contributed by atoms with Gasteiger partial charge in [-0.1, -0.05) is 6.07 Å². The lowest BCUT2D eigenvalue weighted by Crippen LogP contribution is -2.31. The number of carbonyl (C=O) groups is 1. The second-order valence-corrected chi connectivity index (χ2v) is 3.89. The van der Waals surface area contributed by atoms with Crippen molar-refractivity contribution >= 4 is 17.5 Å². The van der Waals surface area contributed by atoms with E-state index in [0.717, 1.165) is 0 Å². The number of benzene rings is 1. The Morgan fingerprint density at radius 2 is 2.38 bits per heavy atom. The molecule has 1 unspecified atom stereocenters.